The Morgan fingerprint density at radius 1 is 1.00 bits per heavy atom. The Bertz CT molecular complexity index is 9.61. The van der Waals surface area contributed by atoms with Crippen LogP contribution >= 0.6 is 0 Å². The summed E-state index contributed by atoms with van der Waals surface area (Å²) in [5.41, 5.74) is 0. The van der Waals surface area contributed by atoms with Crippen molar-refractivity contribution in [1.29, 1.82) is 0 Å². The van der Waals surface area contributed by atoms with E-state index in [2.05, 4.69) is 0 Å². The van der Waals surface area contributed by atoms with E-state index >= 15 is 0 Å². The molecule has 0 fully saturated rings. The van der Waals surface area contributed by atoms with Crippen LogP contribution in [0.1, 0.15) is 1.43 Å². The second-order valence-corrected chi connectivity index (χ2v) is 0. The molecule has 0 saturated carbocycles. The van der Waals surface area contributed by atoms with Gasteiger partial charge in [-0.2, -0.15) is 0 Å². The summed E-state index contributed by atoms with van der Waals surface area (Å²) in [5.74, 6) is 0. The van der Waals surface area contributed by atoms with Gasteiger partial charge in [0.05, 0.1) is 0 Å². The number of rotatable bonds is 0. The average Bonchev–Trinajstić information content (AvgIpc) is 0. The van der Waals surface area contributed by atoms with Gasteiger partial charge in [0.1, 0.15) is 0 Å². The zero-order chi connectivity index (χ0) is 0. The van der Waals surface area contributed by atoms with Crippen molar-refractivity contribution in [2.75, 3.05) is 0 Å². The molecule has 0 aromatic rings. The zero-order valence-corrected chi connectivity index (χ0v) is 4.71. The molecule has 4 heteroatoms. The maximum absolute atomic E-state index is 0. The van der Waals surface area contributed by atoms with Gasteiger partial charge in [-0.1, -0.05) is 0 Å². The van der Waals surface area contributed by atoms with Crippen LogP contribution in [0.2, 0.25) is 0 Å². The van der Waals surface area contributed by atoms with Crippen LogP contribution in [0.5, 0.6) is 0 Å². The summed E-state index contributed by atoms with van der Waals surface area (Å²) in [7, 11) is 0. The Hall–Kier alpha value is 0.880. The van der Waals surface area contributed by atoms with Gasteiger partial charge in [-0.25, -0.2) is 0 Å². The van der Waals surface area contributed by atoms with Crippen LogP contribution in [-0.2, 0) is 0 Å². The molecule has 0 aliphatic carbocycles. The minimum Gasteiger partial charge on any atom is -1.00 e. The largest absolute Gasteiger partial charge is 1.00 e. The molecular formula is H8NNaO2. The molecule has 26 valence electrons. The topological polar surface area (TPSA) is 98.0 Å². The first-order valence-electron chi connectivity index (χ1n) is 0. The van der Waals surface area contributed by atoms with Crippen molar-refractivity contribution in [3.63, 3.8) is 0 Å². The van der Waals surface area contributed by atoms with Crippen LogP contribution in [0.15, 0.2) is 0 Å². The Labute approximate surface area is 48.4 Å². The fraction of sp³-hybridized carbons (Fsp3) is 0. The number of hydrogen-bond acceptors (Lipinski definition) is 1. The fourth-order valence-corrected chi connectivity index (χ4v) is 0. The first-order valence-corrected chi connectivity index (χ1v) is 0. The minimum atomic E-state index is 0. The Morgan fingerprint density at radius 3 is 1.00 bits per heavy atom. The van der Waals surface area contributed by atoms with Gasteiger partial charge in [-0.05, 0) is 0 Å². The monoisotopic (exact) mass is 77.0 g/mol. The Kier molecular flexibility index (Phi) is 986. The van der Waals surface area contributed by atoms with Crippen molar-refractivity contribution < 1.29 is 41.9 Å². The quantitative estimate of drug-likeness (QED) is 0.290. The van der Waals surface area contributed by atoms with E-state index in [9.17, 15) is 0 Å². The van der Waals surface area contributed by atoms with E-state index in [0.717, 1.165) is 0 Å². The molecule has 0 aliphatic heterocycles. The van der Waals surface area contributed by atoms with Crippen molar-refractivity contribution in [2.24, 2.45) is 0 Å². The summed E-state index contributed by atoms with van der Waals surface area (Å²) in [5, 5.41) is 0. The maximum Gasteiger partial charge on any atom is 1.00 e. The third kappa shape index (κ3) is 13.1. The molecule has 0 aliphatic rings. The van der Waals surface area contributed by atoms with Crippen LogP contribution in [0.25, 0.3) is 0 Å². The fourth-order valence-electron chi connectivity index (χ4n) is 0. The molecule has 0 atom stereocenters. The molecule has 0 saturated heterocycles. The first kappa shape index (κ1) is 94.9. The molecular weight excluding hydrogens is 69.0 g/mol. The van der Waals surface area contributed by atoms with E-state index < -0.39 is 0 Å². The SMILES string of the molecule is N.O.O.[H-].[Na+]. The Morgan fingerprint density at radius 2 is 1.00 bits per heavy atom. The van der Waals surface area contributed by atoms with Gasteiger partial charge in [0, 0.05) is 0 Å². The molecule has 0 heterocycles. The smallest absolute Gasteiger partial charge is 1.00 e. The molecule has 0 aromatic heterocycles. The van der Waals surface area contributed by atoms with Gasteiger partial charge in [-0.3, -0.25) is 0 Å². The second-order valence-electron chi connectivity index (χ2n) is 0. The van der Waals surface area contributed by atoms with Crippen LogP contribution in [0.3, 0.4) is 0 Å². The predicted molar refractivity (Wildman–Crippen MR) is 13.4 cm³/mol. The van der Waals surface area contributed by atoms with Gasteiger partial charge in [0.25, 0.3) is 0 Å². The molecule has 0 amide bonds. The van der Waals surface area contributed by atoms with E-state index in [1.807, 2.05) is 0 Å². The second kappa shape index (κ2) is 41.6. The van der Waals surface area contributed by atoms with Gasteiger partial charge in [0.2, 0.25) is 0 Å². The van der Waals surface area contributed by atoms with Crippen molar-refractivity contribution in [1.82, 2.24) is 6.15 Å². The van der Waals surface area contributed by atoms with E-state index in [-0.39, 0.29) is 48.1 Å². The van der Waals surface area contributed by atoms with E-state index in [4.69, 9.17) is 0 Å². The van der Waals surface area contributed by atoms with Gasteiger partial charge >= 0.3 is 29.6 Å². The summed E-state index contributed by atoms with van der Waals surface area (Å²) in [6.45, 7) is 0. The molecule has 3 nitrogen and oxygen atoms in total. The Balaban J connectivity index is 0. The van der Waals surface area contributed by atoms with Gasteiger partial charge in [0.15, 0.2) is 0 Å². The summed E-state index contributed by atoms with van der Waals surface area (Å²) < 4.78 is 0. The average molecular weight is 77.1 g/mol. The minimum absolute atomic E-state index is 0. The molecule has 0 spiro atoms. The van der Waals surface area contributed by atoms with Crippen molar-refractivity contribution >= 4 is 0 Å². The van der Waals surface area contributed by atoms with Crippen molar-refractivity contribution in [3.05, 3.63) is 0 Å². The molecule has 0 aromatic carbocycles. The van der Waals surface area contributed by atoms with Crippen LogP contribution in [0, 0.1) is 0 Å². The first-order chi connectivity index (χ1) is 0. The summed E-state index contributed by atoms with van der Waals surface area (Å²) in [6.07, 6.45) is 0. The maximum atomic E-state index is 0. The van der Waals surface area contributed by atoms with Gasteiger partial charge in [-0.15, -0.1) is 0 Å². The molecule has 4 heavy (non-hydrogen) atoms. The summed E-state index contributed by atoms with van der Waals surface area (Å²) in [4.78, 5) is 0. The number of hydrogen-bond donors (Lipinski definition) is 1. The van der Waals surface area contributed by atoms with E-state index in [1.54, 1.807) is 0 Å². The predicted octanol–water partition coefficient (Wildman–Crippen LogP) is -4.37. The van der Waals surface area contributed by atoms with E-state index in [1.165, 1.54) is 0 Å². The third-order valence-electron chi connectivity index (χ3n) is 0. The van der Waals surface area contributed by atoms with Crippen LogP contribution in [0.4, 0.5) is 0 Å². The molecule has 0 rings (SSSR count). The molecule has 0 radical (unpaired) electrons. The third-order valence-corrected chi connectivity index (χ3v) is 0. The van der Waals surface area contributed by atoms with Crippen LogP contribution < -0.4 is 35.7 Å². The van der Waals surface area contributed by atoms with Gasteiger partial charge < -0.3 is 18.5 Å². The zero-order valence-electron chi connectivity index (χ0n) is 3.71. The van der Waals surface area contributed by atoms with E-state index in [0.29, 0.717) is 0 Å². The van der Waals surface area contributed by atoms with Crippen LogP contribution in [-0.4, -0.2) is 11.0 Å². The summed E-state index contributed by atoms with van der Waals surface area (Å²) in [6, 6.07) is 0. The van der Waals surface area contributed by atoms with Crippen molar-refractivity contribution in [3.8, 4) is 0 Å². The summed E-state index contributed by atoms with van der Waals surface area (Å²) >= 11 is 0. The normalized spacial score (nSPS) is 0. The molecule has 7 N–H and O–H groups in total. The van der Waals surface area contributed by atoms with Crippen molar-refractivity contribution in [2.45, 2.75) is 0 Å². The molecule has 0 bridgehead atoms. The standard InChI is InChI=1S/H3N.Na.2H2O.H/h1H3;;2*1H2;/q;+1;;;-1. The molecule has 0 unspecified atom stereocenters.